The van der Waals surface area contributed by atoms with Crippen molar-refractivity contribution >= 4 is 15.5 Å². The Balaban J connectivity index is 3.45. The van der Waals surface area contributed by atoms with Crippen LogP contribution in [0.2, 0.25) is 0 Å². The van der Waals surface area contributed by atoms with Crippen molar-refractivity contribution in [1.29, 1.82) is 0 Å². The van der Waals surface area contributed by atoms with Crippen molar-refractivity contribution in [3.63, 3.8) is 0 Å². The van der Waals surface area contributed by atoms with E-state index in [9.17, 15) is 18.5 Å². The van der Waals surface area contributed by atoms with E-state index in [1.54, 1.807) is 0 Å². The van der Waals surface area contributed by atoms with E-state index in [0.29, 0.717) is 0 Å². The first-order valence-corrected chi connectivity index (χ1v) is 5.58. The van der Waals surface area contributed by atoms with Crippen molar-refractivity contribution in [3.8, 4) is 0 Å². The molecule has 0 unspecified atom stereocenters. The smallest absolute Gasteiger partial charge is 0.258 e. The second kappa shape index (κ2) is 3.93. The van der Waals surface area contributed by atoms with Crippen LogP contribution >= 0.6 is 0 Å². The maximum Gasteiger partial charge on any atom is 0.306 e. The summed E-state index contributed by atoms with van der Waals surface area (Å²) in [6.45, 7) is 4.68. The highest BCUT2D eigenvalue weighted by Gasteiger charge is 2.29. The second-order valence-corrected chi connectivity index (χ2v) is 5.22. The molecule has 0 aliphatic heterocycles. The summed E-state index contributed by atoms with van der Waals surface area (Å²) in [5, 5.41) is 9.06. The van der Waals surface area contributed by atoms with E-state index in [2.05, 4.69) is 11.9 Å². The number of hydrogen-bond donors (Lipinski definition) is 0. The zero-order chi connectivity index (χ0) is 11.6. The molecule has 1 atom stereocenters. The van der Waals surface area contributed by atoms with Crippen LogP contribution in [-0.2, 0) is 9.84 Å². The lowest BCUT2D eigenvalue weighted by Crippen LogP contribution is -2.17. The van der Waals surface area contributed by atoms with Gasteiger partial charge in [0.2, 0.25) is 14.9 Å². The van der Waals surface area contributed by atoms with Gasteiger partial charge >= 0.3 is 5.69 Å². The topological polar surface area (TPSA) is 90.2 Å². The Hall–Kier alpha value is -1.50. The van der Waals surface area contributed by atoms with Crippen LogP contribution in [-0.4, -0.2) is 23.6 Å². The van der Waals surface area contributed by atoms with E-state index in [-0.39, 0.29) is 0 Å². The average molecular weight is 229 g/mol. The molecule has 0 spiro atoms. The molecule has 0 amide bonds. The lowest BCUT2D eigenvalue weighted by Gasteiger charge is -2.06. The van der Waals surface area contributed by atoms with Gasteiger partial charge in [-0.2, -0.15) is 0 Å². The van der Waals surface area contributed by atoms with E-state index >= 15 is 0 Å². The lowest BCUT2D eigenvalue weighted by atomic mass is 10.4. The maximum absolute atomic E-state index is 11.6. The third-order valence-corrected chi connectivity index (χ3v) is 3.66. The predicted molar refractivity (Wildman–Crippen MR) is 52.9 cm³/mol. The number of hydrogen-bond acceptors (Lipinski definition) is 5. The molecule has 1 heterocycles. The Labute approximate surface area is 87.0 Å². The largest absolute Gasteiger partial charge is 0.306 e. The van der Waals surface area contributed by atoms with Crippen LogP contribution in [0.25, 0.3) is 0 Å². The molecule has 0 saturated heterocycles. The molecular weight excluding hydrogens is 220 g/mol. The molecule has 15 heavy (non-hydrogen) atoms. The van der Waals surface area contributed by atoms with Crippen molar-refractivity contribution in [2.45, 2.75) is 17.2 Å². The van der Waals surface area contributed by atoms with Gasteiger partial charge in [0.1, 0.15) is 0 Å². The quantitative estimate of drug-likeness (QED) is 0.569. The Bertz CT molecular complexity index is 481. The Kier molecular flexibility index (Phi) is 3.04. The van der Waals surface area contributed by atoms with Gasteiger partial charge in [0.25, 0.3) is 0 Å². The standard InChI is InChI=1S/C8H9N2O4S/c1-6(2)15(13,14)8-7(10(11)12)4-3-5-9-8/h3-6H,1H2,2H3/t6-/m1/s1. The zero-order valence-corrected chi connectivity index (χ0v) is 8.77. The molecule has 1 rings (SSSR count). The van der Waals surface area contributed by atoms with E-state index in [4.69, 9.17) is 0 Å². The summed E-state index contributed by atoms with van der Waals surface area (Å²) in [6.07, 6.45) is 1.20. The molecule has 1 aromatic rings. The van der Waals surface area contributed by atoms with Gasteiger partial charge in [-0.05, 0) is 19.9 Å². The van der Waals surface area contributed by atoms with Gasteiger partial charge in [-0.25, -0.2) is 13.4 Å². The van der Waals surface area contributed by atoms with Crippen molar-refractivity contribution in [2.24, 2.45) is 0 Å². The van der Waals surface area contributed by atoms with Gasteiger partial charge in [-0.3, -0.25) is 10.1 Å². The molecule has 1 aromatic heterocycles. The molecule has 6 nitrogen and oxygen atoms in total. The molecule has 0 fully saturated rings. The van der Waals surface area contributed by atoms with Crippen LogP contribution in [0.5, 0.6) is 0 Å². The summed E-state index contributed by atoms with van der Waals surface area (Å²) >= 11 is 0. The molecule has 0 bridgehead atoms. The molecule has 0 aromatic carbocycles. The van der Waals surface area contributed by atoms with Crippen LogP contribution in [0.4, 0.5) is 5.69 Å². The summed E-state index contributed by atoms with van der Waals surface area (Å²) < 4.78 is 23.3. The monoisotopic (exact) mass is 229 g/mol. The Morgan fingerprint density at radius 1 is 1.60 bits per heavy atom. The minimum Gasteiger partial charge on any atom is -0.258 e. The zero-order valence-electron chi connectivity index (χ0n) is 7.95. The summed E-state index contributed by atoms with van der Waals surface area (Å²) in [5.74, 6) is 0. The first-order chi connectivity index (χ1) is 6.87. The fourth-order valence-corrected chi connectivity index (χ4v) is 1.95. The Morgan fingerprint density at radius 3 is 2.67 bits per heavy atom. The lowest BCUT2D eigenvalue weighted by molar-refractivity contribution is -0.388. The minimum absolute atomic E-state index is 0.520. The molecule has 0 saturated carbocycles. The number of sulfone groups is 1. The van der Waals surface area contributed by atoms with Crippen molar-refractivity contribution < 1.29 is 13.3 Å². The third-order valence-electron chi connectivity index (χ3n) is 1.75. The van der Waals surface area contributed by atoms with Crippen LogP contribution in [0, 0.1) is 17.0 Å². The van der Waals surface area contributed by atoms with Crippen LogP contribution < -0.4 is 0 Å². The second-order valence-electron chi connectivity index (χ2n) is 2.94. The van der Waals surface area contributed by atoms with E-state index in [0.717, 1.165) is 6.07 Å². The van der Waals surface area contributed by atoms with Crippen LogP contribution in [0.15, 0.2) is 23.4 Å². The van der Waals surface area contributed by atoms with Gasteiger partial charge in [0.05, 0.1) is 10.2 Å². The molecule has 0 N–H and O–H groups in total. The van der Waals surface area contributed by atoms with Gasteiger partial charge in [0.15, 0.2) is 0 Å². The minimum atomic E-state index is -3.82. The molecular formula is C8H9N2O4S. The highest BCUT2D eigenvalue weighted by atomic mass is 32.2. The summed E-state index contributed by atoms with van der Waals surface area (Å²) in [5.41, 5.74) is -0.520. The average Bonchev–Trinajstić information content (AvgIpc) is 2.17. The number of pyridine rings is 1. The van der Waals surface area contributed by atoms with E-state index < -0.39 is 30.7 Å². The van der Waals surface area contributed by atoms with Crippen molar-refractivity contribution in [1.82, 2.24) is 4.98 Å². The van der Waals surface area contributed by atoms with Gasteiger partial charge in [-0.15, -0.1) is 0 Å². The number of nitro groups is 1. The first kappa shape index (κ1) is 11.6. The van der Waals surface area contributed by atoms with Crippen molar-refractivity contribution in [2.75, 3.05) is 0 Å². The summed E-state index contributed by atoms with van der Waals surface area (Å²) in [7, 11) is -3.82. The molecule has 0 aliphatic rings. The van der Waals surface area contributed by atoms with Gasteiger partial charge in [-0.1, -0.05) is 0 Å². The van der Waals surface area contributed by atoms with Crippen molar-refractivity contribution in [3.05, 3.63) is 35.4 Å². The normalized spacial score (nSPS) is 11.7. The molecule has 0 aliphatic carbocycles. The van der Waals surface area contributed by atoms with Crippen LogP contribution in [0.3, 0.4) is 0 Å². The van der Waals surface area contributed by atoms with Gasteiger partial charge < -0.3 is 0 Å². The highest BCUT2D eigenvalue weighted by Crippen LogP contribution is 2.23. The fourth-order valence-electron chi connectivity index (χ4n) is 0.931. The van der Waals surface area contributed by atoms with E-state index in [1.807, 2.05) is 0 Å². The SMILES string of the molecule is [CH2][C@H](C)S(=O)(=O)c1ncccc1[N+](=O)[O-]. The van der Waals surface area contributed by atoms with E-state index in [1.165, 1.54) is 19.2 Å². The van der Waals surface area contributed by atoms with Crippen LogP contribution in [0.1, 0.15) is 6.92 Å². The number of rotatable bonds is 3. The summed E-state index contributed by atoms with van der Waals surface area (Å²) in [6, 6.07) is 2.41. The molecule has 81 valence electrons. The molecule has 1 radical (unpaired) electrons. The Morgan fingerprint density at radius 2 is 2.20 bits per heavy atom. The highest BCUT2D eigenvalue weighted by molar-refractivity contribution is 7.92. The molecule has 7 heteroatoms. The van der Waals surface area contributed by atoms with Gasteiger partial charge in [0, 0.05) is 12.3 Å². The first-order valence-electron chi connectivity index (χ1n) is 4.03. The maximum atomic E-state index is 11.6. The predicted octanol–water partition coefficient (Wildman–Crippen LogP) is 0.986. The summed E-state index contributed by atoms with van der Waals surface area (Å²) in [4.78, 5) is 13.3. The number of aromatic nitrogens is 1. The third kappa shape index (κ3) is 2.12. The fraction of sp³-hybridized carbons (Fsp3) is 0.250. The number of nitrogens with zero attached hydrogens (tertiary/aromatic N) is 2.